The first-order valence-electron chi connectivity index (χ1n) is 8.70. The quantitative estimate of drug-likeness (QED) is 0.468. The number of carbonyl (C=O) groups is 1. The van der Waals surface area contributed by atoms with E-state index in [1.165, 1.54) is 35.0 Å². The summed E-state index contributed by atoms with van der Waals surface area (Å²) in [5.74, 6) is -1.65. The molecule has 0 saturated heterocycles. The van der Waals surface area contributed by atoms with Gasteiger partial charge < -0.3 is 5.32 Å². The highest BCUT2D eigenvalue weighted by Gasteiger charge is 2.21. The minimum Gasteiger partial charge on any atom is -0.318 e. The van der Waals surface area contributed by atoms with E-state index in [1.807, 2.05) is 0 Å². The molecule has 0 radical (unpaired) electrons. The van der Waals surface area contributed by atoms with Crippen LogP contribution in [-0.2, 0) is 0 Å². The zero-order valence-corrected chi connectivity index (χ0v) is 15.7. The Bertz CT molecular complexity index is 1210. The molecule has 0 atom stereocenters. The van der Waals surface area contributed by atoms with E-state index in [4.69, 9.17) is 11.6 Å². The third-order valence-corrected chi connectivity index (χ3v) is 4.61. The van der Waals surface area contributed by atoms with Gasteiger partial charge in [0.25, 0.3) is 5.91 Å². The van der Waals surface area contributed by atoms with Crippen molar-refractivity contribution in [2.45, 2.75) is 0 Å². The van der Waals surface area contributed by atoms with Crippen molar-refractivity contribution in [3.05, 3.63) is 101 Å². The highest BCUT2D eigenvalue weighted by molar-refractivity contribution is 6.32. The molecule has 0 fully saturated rings. The molecule has 1 N–H and O–H groups in total. The third-order valence-electron chi connectivity index (χ3n) is 4.29. The molecular formula is C22H14ClF2N3O. The number of hydrogen-bond donors (Lipinski definition) is 1. The normalized spacial score (nSPS) is 10.7. The number of benzene rings is 3. The Morgan fingerprint density at radius 1 is 0.897 bits per heavy atom. The van der Waals surface area contributed by atoms with Crippen LogP contribution in [0.3, 0.4) is 0 Å². The Hall–Kier alpha value is -3.51. The first kappa shape index (κ1) is 18.8. The van der Waals surface area contributed by atoms with Crippen LogP contribution in [0.1, 0.15) is 10.5 Å². The standard InChI is InChI=1S/C22H14ClF2N3O/c23-15-8-2-6-12-20(15)28-21(22(29)26-18-11-5-4-10-17(18)25)13-19(27-28)14-7-1-3-9-16(14)24/h1-13H,(H,26,29). The molecule has 3 aromatic carbocycles. The van der Waals surface area contributed by atoms with E-state index in [1.54, 1.807) is 48.5 Å². The van der Waals surface area contributed by atoms with Gasteiger partial charge in [0.05, 0.1) is 22.1 Å². The fourth-order valence-electron chi connectivity index (χ4n) is 2.90. The summed E-state index contributed by atoms with van der Waals surface area (Å²) in [6, 6.07) is 20.2. The molecule has 0 unspecified atom stereocenters. The second kappa shape index (κ2) is 7.85. The Balaban J connectivity index is 1.83. The number of hydrogen-bond acceptors (Lipinski definition) is 2. The molecule has 29 heavy (non-hydrogen) atoms. The van der Waals surface area contributed by atoms with Crippen molar-refractivity contribution >= 4 is 23.2 Å². The lowest BCUT2D eigenvalue weighted by Crippen LogP contribution is -2.17. The maximum Gasteiger partial charge on any atom is 0.274 e. The van der Waals surface area contributed by atoms with Crippen molar-refractivity contribution in [2.24, 2.45) is 0 Å². The fourth-order valence-corrected chi connectivity index (χ4v) is 3.12. The van der Waals surface area contributed by atoms with E-state index in [0.29, 0.717) is 10.7 Å². The van der Waals surface area contributed by atoms with Gasteiger partial charge in [-0.05, 0) is 42.5 Å². The molecule has 0 aliphatic rings. The average Bonchev–Trinajstić information content (AvgIpc) is 3.15. The fraction of sp³-hybridized carbons (Fsp3) is 0. The molecule has 1 heterocycles. The van der Waals surface area contributed by atoms with Gasteiger partial charge >= 0.3 is 0 Å². The van der Waals surface area contributed by atoms with Crippen molar-refractivity contribution in [1.29, 1.82) is 0 Å². The Labute approximate surface area is 170 Å². The van der Waals surface area contributed by atoms with Gasteiger partial charge in [-0.2, -0.15) is 5.10 Å². The van der Waals surface area contributed by atoms with Gasteiger partial charge in [0.15, 0.2) is 0 Å². The van der Waals surface area contributed by atoms with Gasteiger partial charge in [0.1, 0.15) is 17.3 Å². The second-order valence-corrected chi connectivity index (χ2v) is 6.60. The molecule has 0 aliphatic carbocycles. The lowest BCUT2D eigenvalue weighted by Gasteiger charge is -2.10. The molecule has 0 saturated carbocycles. The van der Waals surface area contributed by atoms with Crippen LogP contribution in [-0.4, -0.2) is 15.7 Å². The van der Waals surface area contributed by atoms with Crippen LogP contribution >= 0.6 is 11.6 Å². The number of para-hydroxylation sites is 2. The molecule has 7 heteroatoms. The van der Waals surface area contributed by atoms with E-state index in [9.17, 15) is 13.6 Å². The van der Waals surface area contributed by atoms with Gasteiger partial charge in [-0.25, -0.2) is 13.5 Å². The maximum atomic E-state index is 14.3. The van der Waals surface area contributed by atoms with Crippen molar-refractivity contribution in [3.63, 3.8) is 0 Å². The number of anilines is 1. The zero-order chi connectivity index (χ0) is 20.4. The van der Waals surface area contributed by atoms with E-state index >= 15 is 0 Å². The number of halogens is 3. The Kier molecular flexibility index (Phi) is 5.10. The molecule has 0 spiro atoms. The molecule has 0 aliphatic heterocycles. The van der Waals surface area contributed by atoms with Crippen LogP contribution in [0, 0.1) is 11.6 Å². The van der Waals surface area contributed by atoms with Crippen LogP contribution < -0.4 is 5.32 Å². The topological polar surface area (TPSA) is 46.9 Å². The molecule has 144 valence electrons. The highest BCUT2D eigenvalue weighted by Crippen LogP contribution is 2.27. The summed E-state index contributed by atoms with van der Waals surface area (Å²) in [6.07, 6.45) is 0. The predicted octanol–water partition coefficient (Wildman–Crippen LogP) is 5.72. The average molecular weight is 410 g/mol. The molecule has 0 bridgehead atoms. The lowest BCUT2D eigenvalue weighted by molar-refractivity contribution is 0.101. The smallest absolute Gasteiger partial charge is 0.274 e. The summed E-state index contributed by atoms with van der Waals surface area (Å²) in [4.78, 5) is 12.9. The zero-order valence-electron chi connectivity index (χ0n) is 14.9. The van der Waals surface area contributed by atoms with Gasteiger partial charge in [-0.15, -0.1) is 0 Å². The van der Waals surface area contributed by atoms with Crippen LogP contribution in [0.5, 0.6) is 0 Å². The minimum absolute atomic E-state index is 0.0249. The van der Waals surface area contributed by atoms with Crippen molar-refractivity contribution in [2.75, 3.05) is 5.32 Å². The molecule has 4 nitrogen and oxygen atoms in total. The van der Waals surface area contributed by atoms with Crippen molar-refractivity contribution < 1.29 is 13.6 Å². The number of nitrogens with zero attached hydrogens (tertiary/aromatic N) is 2. The largest absolute Gasteiger partial charge is 0.318 e. The molecule has 1 aromatic heterocycles. The van der Waals surface area contributed by atoms with E-state index in [2.05, 4.69) is 10.4 Å². The van der Waals surface area contributed by atoms with Crippen LogP contribution in [0.25, 0.3) is 16.9 Å². The molecule has 4 aromatic rings. The van der Waals surface area contributed by atoms with Crippen LogP contribution in [0.15, 0.2) is 78.9 Å². The third kappa shape index (κ3) is 3.75. The van der Waals surface area contributed by atoms with Gasteiger partial charge in [0.2, 0.25) is 0 Å². The predicted molar refractivity (Wildman–Crippen MR) is 108 cm³/mol. The Morgan fingerprint density at radius 2 is 1.55 bits per heavy atom. The number of amides is 1. The summed E-state index contributed by atoms with van der Waals surface area (Å²) in [6.45, 7) is 0. The maximum absolute atomic E-state index is 14.3. The highest BCUT2D eigenvalue weighted by atomic mass is 35.5. The summed E-state index contributed by atoms with van der Waals surface area (Å²) in [7, 11) is 0. The monoisotopic (exact) mass is 409 g/mol. The van der Waals surface area contributed by atoms with Gasteiger partial charge in [0, 0.05) is 5.56 Å². The molecular weight excluding hydrogens is 396 g/mol. The SMILES string of the molecule is O=C(Nc1ccccc1F)c1cc(-c2ccccc2F)nn1-c1ccccc1Cl. The number of nitrogens with one attached hydrogen (secondary N) is 1. The summed E-state index contributed by atoms with van der Waals surface area (Å²) >= 11 is 6.28. The van der Waals surface area contributed by atoms with Crippen LogP contribution in [0.2, 0.25) is 5.02 Å². The minimum atomic E-state index is -0.606. The van der Waals surface area contributed by atoms with E-state index in [-0.39, 0.29) is 22.6 Å². The lowest BCUT2D eigenvalue weighted by atomic mass is 10.1. The first-order valence-corrected chi connectivity index (χ1v) is 9.08. The summed E-state index contributed by atoms with van der Waals surface area (Å²) in [5.41, 5.74) is 1.03. The molecule has 1 amide bonds. The van der Waals surface area contributed by atoms with Crippen LogP contribution in [0.4, 0.5) is 14.5 Å². The Morgan fingerprint density at radius 3 is 2.28 bits per heavy atom. The summed E-state index contributed by atoms with van der Waals surface area (Å²) in [5, 5.41) is 7.28. The van der Waals surface area contributed by atoms with E-state index in [0.717, 1.165) is 0 Å². The van der Waals surface area contributed by atoms with Crippen molar-refractivity contribution in [3.8, 4) is 16.9 Å². The first-order chi connectivity index (χ1) is 14.0. The summed E-state index contributed by atoms with van der Waals surface area (Å²) < 4.78 is 29.6. The number of carbonyl (C=O) groups excluding carboxylic acids is 1. The number of rotatable bonds is 4. The molecule has 4 rings (SSSR count). The number of aromatic nitrogens is 2. The van der Waals surface area contributed by atoms with Crippen molar-refractivity contribution in [1.82, 2.24) is 9.78 Å². The van der Waals surface area contributed by atoms with Gasteiger partial charge in [-0.3, -0.25) is 4.79 Å². The van der Waals surface area contributed by atoms with E-state index < -0.39 is 17.5 Å². The second-order valence-electron chi connectivity index (χ2n) is 6.19. The van der Waals surface area contributed by atoms with Gasteiger partial charge in [-0.1, -0.05) is 48.0 Å².